The Hall–Kier alpha value is -3.78. The molecule has 0 fully saturated rings. The molecule has 0 atom stereocenters. The van der Waals surface area contributed by atoms with E-state index in [2.05, 4.69) is 20.6 Å². The second kappa shape index (κ2) is 6.93. The van der Waals surface area contributed by atoms with E-state index in [4.69, 9.17) is 5.73 Å². The summed E-state index contributed by atoms with van der Waals surface area (Å²) in [6, 6.07) is 11.5. The summed E-state index contributed by atoms with van der Waals surface area (Å²) in [6.45, 7) is 0.852. The van der Waals surface area contributed by atoms with Gasteiger partial charge in [0.15, 0.2) is 0 Å². The summed E-state index contributed by atoms with van der Waals surface area (Å²) in [5.41, 5.74) is 11.3. The Labute approximate surface area is 171 Å². The number of nitrogens with zero attached hydrogens (tertiary/aromatic N) is 3. The highest BCUT2D eigenvalue weighted by Gasteiger charge is 2.24. The Morgan fingerprint density at radius 2 is 2.00 bits per heavy atom. The fourth-order valence-electron chi connectivity index (χ4n) is 4.18. The lowest BCUT2D eigenvalue weighted by Crippen LogP contribution is -2.32. The molecule has 0 unspecified atom stereocenters. The number of fused-ring (bicyclic) bond motifs is 2. The number of aromatic nitrogens is 4. The molecule has 2 aromatic carbocycles. The number of aromatic amines is 1. The van der Waals surface area contributed by atoms with E-state index < -0.39 is 0 Å². The molecule has 0 saturated heterocycles. The lowest BCUT2D eigenvalue weighted by atomic mass is 9.91. The van der Waals surface area contributed by atoms with E-state index in [1.807, 2.05) is 37.4 Å². The molecule has 1 aliphatic heterocycles. The topological polar surface area (TPSA) is 119 Å². The summed E-state index contributed by atoms with van der Waals surface area (Å²) < 4.78 is 1.77. The van der Waals surface area contributed by atoms with Gasteiger partial charge in [0, 0.05) is 36.7 Å². The number of benzene rings is 2. The van der Waals surface area contributed by atoms with Crippen molar-refractivity contribution in [1.82, 2.24) is 25.3 Å². The first-order chi connectivity index (χ1) is 14.6. The minimum absolute atomic E-state index is 0.0707. The van der Waals surface area contributed by atoms with Gasteiger partial charge in [-0.15, -0.1) is 0 Å². The fraction of sp³-hybridized carbons (Fsp3) is 0.182. The van der Waals surface area contributed by atoms with Crippen molar-refractivity contribution in [3.05, 3.63) is 69.8 Å². The third kappa shape index (κ3) is 2.73. The molecule has 2 aromatic heterocycles. The van der Waals surface area contributed by atoms with Gasteiger partial charge in [0.25, 0.3) is 11.5 Å². The van der Waals surface area contributed by atoms with Gasteiger partial charge in [0.2, 0.25) is 0 Å². The summed E-state index contributed by atoms with van der Waals surface area (Å²) >= 11 is 0. The van der Waals surface area contributed by atoms with E-state index in [1.165, 1.54) is 0 Å². The van der Waals surface area contributed by atoms with E-state index in [0.29, 0.717) is 28.6 Å². The quantitative estimate of drug-likeness (QED) is 0.484. The molecule has 3 heterocycles. The molecule has 8 nitrogen and oxygen atoms in total. The van der Waals surface area contributed by atoms with E-state index >= 15 is 0 Å². The van der Waals surface area contributed by atoms with Gasteiger partial charge < -0.3 is 11.1 Å². The van der Waals surface area contributed by atoms with Crippen LogP contribution in [0.5, 0.6) is 0 Å². The average Bonchev–Trinajstić information content (AvgIpc) is 3.15. The number of rotatable bonds is 3. The van der Waals surface area contributed by atoms with Crippen LogP contribution in [0.25, 0.3) is 33.2 Å². The van der Waals surface area contributed by atoms with Crippen LogP contribution in [0.4, 0.5) is 0 Å². The normalized spacial score (nSPS) is 13.3. The monoisotopic (exact) mass is 400 g/mol. The number of carbonyl (C=O) groups excluding carboxylic acids is 1. The fourth-order valence-corrected chi connectivity index (χ4v) is 4.18. The van der Waals surface area contributed by atoms with Crippen molar-refractivity contribution in [2.75, 3.05) is 6.54 Å². The first-order valence-electron chi connectivity index (χ1n) is 9.72. The van der Waals surface area contributed by atoms with Crippen LogP contribution in [0.15, 0.2) is 47.4 Å². The van der Waals surface area contributed by atoms with Gasteiger partial charge in [0.1, 0.15) is 0 Å². The molecule has 1 amide bonds. The number of nitrogens with two attached hydrogens (primary N) is 1. The number of aryl methyl sites for hydroxylation is 1. The summed E-state index contributed by atoms with van der Waals surface area (Å²) in [7, 11) is 1.86. The molecular weight excluding hydrogens is 380 g/mol. The number of carbonyl (C=O) groups is 1. The lowest BCUT2D eigenvalue weighted by molar-refractivity contribution is 0.0946. The van der Waals surface area contributed by atoms with Crippen molar-refractivity contribution >= 4 is 16.7 Å². The smallest absolute Gasteiger partial charge is 0.272 e. The second-order valence-electron chi connectivity index (χ2n) is 7.34. The van der Waals surface area contributed by atoms with Crippen molar-refractivity contribution in [1.29, 1.82) is 0 Å². The van der Waals surface area contributed by atoms with Gasteiger partial charge in [-0.25, -0.2) is 5.10 Å². The van der Waals surface area contributed by atoms with Crippen LogP contribution < -0.4 is 16.6 Å². The zero-order chi connectivity index (χ0) is 20.8. The van der Waals surface area contributed by atoms with Crippen LogP contribution in [0.3, 0.4) is 0 Å². The average molecular weight is 400 g/mol. The SMILES string of the molecule is Cn1ncc(-c2ccc3c(=O)[nH]nc(CN)c3c2)c1-c1cccc2c1C(=O)NCC2. The third-order valence-electron chi connectivity index (χ3n) is 5.62. The van der Waals surface area contributed by atoms with Gasteiger partial charge in [0.05, 0.1) is 28.5 Å². The van der Waals surface area contributed by atoms with E-state index in [9.17, 15) is 9.59 Å². The van der Waals surface area contributed by atoms with Crippen LogP contribution in [-0.2, 0) is 20.0 Å². The van der Waals surface area contributed by atoms with Crippen molar-refractivity contribution < 1.29 is 4.79 Å². The predicted molar refractivity (Wildman–Crippen MR) is 114 cm³/mol. The maximum atomic E-state index is 12.7. The Morgan fingerprint density at radius 3 is 2.83 bits per heavy atom. The van der Waals surface area contributed by atoms with Crippen molar-refractivity contribution in [2.24, 2.45) is 12.8 Å². The van der Waals surface area contributed by atoms with Crippen molar-refractivity contribution in [3.63, 3.8) is 0 Å². The minimum Gasteiger partial charge on any atom is -0.352 e. The first kappa shape index (κ1) is 18.3. The van der Waals surface area contributed by atoms with Crippen LogP contribution in [0.2, 0.25) is 0 Å². The molecule has 0 radical (unpaired) electrons. The maximum absolute atomic E-state index is 12.7. The maximum Gasteiger partial charge on any atom is 0.272 e. The van der Waals surface area contributed by atoms with E-state index in [0.717, 1.165) is 34.4 Å². The lowest BCUT2D eigenvalue weighted by Gasteiger charge is -2.20. The number of amides is 1. The molecule has 30 heavy (non-hydrogen) atoms. The Bertz CT molecular complexity index is 1370. The molecule has 0 bridgehead atoms. The molecule has 5 rings (SSSR count). The molecule has 0 saturated carbocycles. The van der Waals surface area contributed by atoms with Gasteiger partial charge >= 0.3 is 0 Å². The van der Waals surface area contributed by atoms with Crippen LogP contribution >= 0.6 is 0 Å². The molecule has 0 spiro atoms. The van der Waals surface area contributed by atoms with Crippen molar-refractivity contribution in [2.45, 2.75) is 13.0 Å². The second-order valence-corrected chi connectivity index (χ2v) is 7.34. The standard InChI is InChI=1S/C22H20N6O2/c1-28-20(15-4-2-3-12-7-8-24-22(30)19(12)15)17(11-25-28)13-5-6-14-16(9-13)18(10-23)26-27-21(14)29/h2-6,9,11H,7-8,10,23H2,1H3,(H,24,30)(H,27,29). The Kier molecular flexibility index (Phi) is 4.22. The van der Waals surface area contributed by atoms with Gasteiger partial charge in [-0.1, -0.05) is 24.3 Å². The highest BCUT2D eigenvalue weighted by atomic mass is 16.1. The van der Waals surface area contributed by atoms with Gasteiger partial charge in [-0.3, -0.25) is 14.3 Å². The summed E-state index contributed by atoms with van der Waals surface area (Å²) in [5.74, 6) is -0.0707. The molecule has 1 aliphatic rings. The zero-order valence-electron chi connectivity index (χ0n) is 16.4. The molecular formula is C22H20N6O2. The largest absolute Gasteiger partial charge is 0.352 e. The summed E-state index contributed by atoms with van der Waals surface area (Å²) in [4.78, 5) is 24.8. The number of hydrogen-bond donors (Lipinski definition) is 3. The first-order valence-corrected chi connectivity index (χ1v) is 9.72. The molecule has 4 N–H and O–H groups in total. The number of nitrogens with one attached hydrogen (secondary N) is 2. The Morgan fingerprint density at radius 1 is 1.13 bits per heavy atom. The predicted octanol–water partition coefficient (Wildman–Crippen LogP) is 1.74. The van der Waals surface area contributed by atoms with Crippen molar-refractivity contribution in [3.8, 4) is 22.4 Å². The number of hydrogen-bond acceptors (Lipinski definition) is 5. The molecule has 150 valence electrons. The van der Waals surface area contributed by atoms with Gasteiger partial charge in [-0.05, 0) is 29.7 Å². The van der Waals surface area contributed by atoms with E-state index in [1.54, 1.807) is 16.9 Å². The van der Waals surface area contributed by atoms with E-state index in [-0.39, 0.29) is 18.0 Å². The summed E-state index contributed by atoms with van der Waals surface area (Å²) in [5, 5.41) is 15.2. The van der Waals surface area contributed by atoms with Crippen LogP contribution in [-0.4, -0.2) is 32.4 Å². The van der Waals surface area contributed by atoms with Crippen LogP contribution in [0, 0.1) is 0 Å². The highest BCUT2D eigenvalue weighted by molar-refractivity contribution is 6.04. The highest BCUT2D eigenvalue weighted by Crippen LogP contribution is 2.36. The number of H-pyrrole nitrogens is 1. The molecule has 0 aliphatic carbocycles. The zero-order valence-corrected chi connectivity index (χ0v) is 16.4. The third-order valence-corrected chi connectivity index (χ3v) is 5.62. The minimum atomic E-state index is -0.256. The molecule has 4 aromatic rings. The van der Waals surface area contributed by atoms with Crippen LogP contribution in [0.1, 0.15) is 21.6 Å². The Balaban J connectivity index is 1.76. The van der Waals surface area contributed by atoms with Gasteiger partial charge in [-0.2, -0.15) is 10.2 Å². The summed E-state index contributed by atoms with van der Waals surface area (Å²) in [6.07, 6.45) is 2.58. The molecule has 8 heteroatoms.